The Balaban J connectivity index is 1.97. The number of phenolic OH excluding ortho intramolecular Hbond substituents is 1. The molecule has 0 fully saturated rings. The van der Waals surface area contributed by atoms with Crippen molar-refractivity contribution in [1.29, 1.82) is 0 Å². The Labute approximate surface area is 149 Å². The zero-order valence-corrected chi connectivity index (χ0v) is 15.6. The number of benzene rings is 2. The minimum Gasteiger partial charge on any atom is -0.507 e. The molecule has 0 atom stereocenters. The SMILES string of the molecule is CC(C)=CCC/C(C)=C\Cc1c(O)c(C)cc2c1[nH]c1ccccc12. The molecule has 0 aliphatic heterocycles. The highest BCUT2D eigenvalue weighted by Gasteiger charge is 2.13. The van der Waals surface area contributed by atoms with Gasteiger partial charge in [0.05, 0.1) is 5.52 Å². The number of aromatic hydroxyl groups is 1. The molecule has 2 aromatic carbocycles. The maximum atomic E-state index is 10.6. The van der Waals surface area contributed by atoms with Crippen LogP contribution < -0.4 is 0 Å². The lowest BCUT2D eigenvalue weighted by Gasteiger charge is -2.08. The van der Waals surface area contributed by atoms with Crippen LogP contribution in [0.25, 0.3) is 21.8 Å². The molecule has 2 nitrogen and oxygen atoms in total. The zero-order valence-electron chi connectivity index (χ0n) is 15.6. The molecule has 130 valence electrons. The van der Waals surface area contributed by atoms with Gasteiger partial charge < -0.3 is 10.1 Å². The predicted molar refractivity (Wildman–Crippen MR) is 108 cm³/mol. The van der Waals surface area contributed by atoms with Crippen LogP contribution >= 0.6 is 0 Å². The van der Waals surface area contributed by atoms with E-state index in [1.165, 1.54) is 21.9 Å². The number of nitrogens with one attached hydrogen (secondary N) is 1. The highest BCUT2D eigenvalue weighted by Crippen LogP contribution is 2.35. The summed E-state index contributed by atoms with van der Waals surface area (Å²) in [5.41, 5.74) is 6.83. The average Bonchev–Trinajstić information content (AvgIpc) is 2.93. The summed E-state index contributed by atoms with van der Waals surface area (Å²) in [5.74, 6) is 0.410. The molecule has 2 N–H and O–H groups in total. The summed E-state index contributed by atoms with van der Waals surface area (Å²) >= 11 is 0. The monoisotopic (exact) mass is 333 g/mol. The smallest absolute Gasteiger partial charge is 0.124 e. The van der Waals surface area contributed by atoms with Crippen LogP contribution in [0.15, 0.2) is 53.6 Å². The van der Waals surface area contributed by atoms with Gasteiger partial charge in [-0.3, -0.25) is 0 Å². The van der Waals surface area contributed by atoms with Crippen molar-refractivity contribution in [3.05, 3.63) is 64.8 Å². The van der Waals surface area contributed by atoms with Gasteiger partial charge in [0, 0.05) is 21.9 Å². The maximum absolute atomic E-state index is 10.6. The van der Waals surface area contributed by atoms with E-state index in [1.807, 2.05) is 13.0 Å². The third-order valence-electron chi connectivity index (χ3n) is 4.81. The Morgan fingerprint density at radius 3 is 2.60 bits per heavy atom. The number of hydrogen-bond acceptors (Lipinski definition) is 1. The van der Waals surface area contributed by atoms with Gasteiger partial charge in [0.1, 0.15) is 5.75 Å². The highest BCUT2D eigenvalue weighted by molar-refractivity contribution is 6.09. The Morgan fingerprint density at radius 2 is 1.84 bits per heavy atom. The van der Waals surface area contributed by atoms with Crippen LogP contribution in [0.4, 0.5) is 0 Å². The number of hydrogen-bond donors (Lipinski definition) is 2. The maximum Gasteiger partial charge on any atom is 0.124 e. The fourth-order valence-electron chi connectivity index (χ4n) is 3.36. The zero-order chi connectivity index (χ0) is 18.0. The summed E-state index contributed by atoms with van der Waals surface area (Å²) in [6.45, 7) is 8.42. The van der Waals surface area contributed by atoms with Crippen molar-refractivity contribution in [2.75, 3.05) is 0 Å². The van der Waals surface area contributed by atoms with E-state index < -0.39 is 0 Å². The fourth-order valence-corrected chi connectivity index (χ4v) is 3.36. The summed E-state index contributed by atoms with van der Waals surface area (Å²) in [4.78, 5) is 3.50. The topological polar surface area (TPSA) is 36.0 Å². The first-order valence-corrected chi connectivity index (χ1v) is 8.98. The third-order valence-corrected chi connectivity index (χ3v) is 4.81. The number of rotatable bonds is 5. The number of aryl methyl sites for hydroxylation is 1. The van der Waals surface area contributed by atoms with E-state index in [4.69, 9.17) is 0 Å². The molecular formula is C23H27NO. The van der Waals surface area contributed by atoms with Crippen molar-refractivity contribution in [3.63, 3.8) is 0 Å². The molecule has 0 saturated heterocycles. The fraction of sp³-hybridized carbons (Fsp3) is 0.304. The molecule has 0 amide bonds. The van der Waals surface area contributed by atoms with Gasteiger partial charge >= 0.3 is 0 Å². The molecule has 3 aromatic rings. The minimum atomic E-state index is 0.410. The van der Waals surface area contributed by atoms with Crippen molar-refractivity contribution in [3.8, 4) is 5.75 Å². The second-order valence-corrected chi connectivity index (χ2v) is 7.19. The lowest BCUT2D eigenvalue weighted by molar-refractivity contribution is 0.466. The van der Waals surface area contributed by atoms with Gasteiger partial charge in [0.25, 0.3) is 0 Å². The van der Waals surface area contributed by atoms with Crippen molar-refractivity contribution in [2.24, 2.45) is 0 Å². The molecule has 0 spiro atoms. The van der Waals surface area contributed by atoms with Gasteiger partial charge in [-0.2, -0.15) is 0 Å². The number of aromatic nitrogens is 1. The van der Waals surface area contributed by atoms with Crippen LogP contribution in [0.1, 0.15) is 44.7 Å². The number of phenols is 1. The van der Waals surface area contributed by atoms with Gasteiger partial charge in [0.2, 0.25) is 0 Å². The van der Waals surface area contributed by atoms with Crippen molar-refractivity contribution in [1.82, 2.24) is 4.98 Å². The number of fused-ring (bicyclic) bond motifs is 3. The number of H-pyrrole nitrogens is 1. The van der Waals surface area contributed by atoms with Gasteiger partial charge in [-0.25, -0.2) is 0 Å². The second-order valence-electron chi connectivity index (χ2n) is 7.19. The molecule has 25 heavy (non-hydrogen) atoms. The van der Waals surface area contributed by atoms with Crippen LogP contribution in [0.3, 0.4) is 0 Å². The summed E-state index contributed by atoms with van der Waals surface area (Å²) < 4.78 is 0. The van der Waals surface area contributed by atoms with Crippen molar-refractivity contribution in [2.45, 2.75) is 47.0 Å². The first-order valence-electron chi connectivity index (χ1n) is 8.98. The first kappa shape index (κ1) is 17.3. The molecule has 0 radical (unpaired) electrons. The molecule has 1 aromatic heterocycles. The molecular weight excluding hydrogens is 306 g/mol. The van der Waals surface area contributed by atoms with Crippen LogP contribution in [-0.4, -0.2) is 10.1 Å². The number of allylic oxidation sites excluding steroid dienone is 4. The molecule has 0 bridgehead atoms. The van der Waals surface area contributed by atoms with E-state index in [2.05, 4.69) is 62.2 Å². The van der Waals surface area contributed by atoms with Gasteiger partial charge in [-0.05, 0) is 64.7 Å². The Kier molecular flexibility index (Phi) is 4.98. The Bertz CT molecular complexity index is 969. The Morgan fingerprint density at radius 1 is 1.08 bits per heavy atom. The lowest BCUT2D eigenvalue weighted by Crippen LogP contribution is -1.90. The van der Waals surface area contributed by atoms with E-state index in [-0.39, 0.29) is 0 Å². The highest BCUT2D eigenvalue weighted by atomic mass is 16.3. The largest absolute Gasteiger partial charge is 0.507 e. The van der Waals surface area contributed by atoms with Crippen LogP contribution in [0.5, 0.6) is 5.75 Å². The standard InChI is InChI=1S/C23H27NO/c1-15(2)8-7-9-16(3)12-13-19-22-20(14-17(4)23(19)25)18-10-5-6-11-21(18)24-22/h5-6,8,10-12,14,24-25H,7,9,13H2,1-4H3/b16-12-. The van der Waals surface area contributed by atoms with Gasteiger partial charge in [-0.1, -0.05) is 41.5 Å². The molecule has 0 saturated carbocycles. The summed E-state index contributed by atoms with van der Waals surface area (Å²) in [6.07, 6.45) is 7.41. The van der Waals surface area contributed by atoms with E-state index in [0.29, 0.717) is 5.75 Å². The molecule has 3 rings (SSSR count). The second kappa shape index (κ2) is 7.18. The summed E-state index contributed by atoms with van der Waals surface area (Å²) in [6, 6.07) is 10.4. The van der Waals surface area contributed by atoms with E-state index in [1.54, 1.807) is 0 Å². The molecule has 2 heteroatoms. The first-order chi connectivity index (χ1) is 12.0. The van der Waals surface area contributed by atoms with Gasteiger partial charge in [-0.15, -0.1) is 0 Å². The third kappa shape index (κ3) is 3.63. The average molecular weight is 333 g/mol. The van der Waals surface area contributed by atoms with E-state index in [0.717, 1.165) is 41.4 Å². The molecule has 0 aliphatic carbocycles. The van der Waals surface area contributed by atoms with Crippen molar-refractivity contribution >= 4 is 21.8 Å². The molecule has 0 aliphatic rings. The number of para-hydroxylation sites is 1. The van der Waals surface area contributed by atoms with Crippen molar-refractivity contribution < 1.29 is 5.11 Å². The summed E-state index contributed by atoms with van der Waals surface area (Å²) in [5, 5.41) is 13.0. The van der Waals surface area contributed by atoms with Crippen LogP contribution in [0, 0.1) is 6.92 Å². The number of aromatic amines is 1. The Hall–Kier alpha value is -2.48. The van der Waals surface area contributed by atoms with E-state index in [9.17, 15) is 5.11 Å². The van der Waals surface area contributed by atoms with E-state index >= 15 is 0 Å². The molecule has 0 unspecified atom stereocenters. The van der Waals surface area contributed by atoms with Crippen LogP contribution in [0.2, 0.25) is 0 Å². The van der Waals surface area contributed by atoms with Gasteiger partial charge in [0.15, 0.2) is 0 Å². The quantitative estimate of drug-likeness (QED) is 0.509. The molecule has 1 heterocycles. The van der Waals surface area contributed by atoms with Crippen LogP contribution in [-0.2, 0) is 6.42 Å². The predicted octanol–water partition coefficient (Wildman–Crippen LogP) is 6.57. The summed E-state index contributed by atoms with van der Waals surface area (Å²) in [7, 11) is 0. The minimum absolute atomic E-state index is 0.410. The normalized spacial score (nSPS) is 12.1. The lowest BCUT2D eigenvalue weighted by atomic mass is 9.99.